The number of nitrogen functional groups attached to an aromatic ring is 1. The molecule has 1 aromatic carbocycles. The van der Waals surface area contributed by atoms with Crippen LogP contribution in [0.3, 0.4) is 0 Å². The SMILES string of the molecule is Nc1ccc(F)cc1NCC1CCN(C(=O)C2CC2)C1. The Balaban J connectivity index is 1.52. The molecule has 3 N–H and O–H groups in total. The van der Waals surface area contributed by atoms with Crippen molar-refractivity contribution in [1.82, 2.24) is 4.90 Å². The summed E-state index contributed by atoms with van der Waals surface area (Å²) in [5.74, 6) is 0.734. The molecule has 1 saturated carbocycles. The van der Waals surface area contributed by atoms with E-state index in [2.05, 4.69) is 5.32 Å². The molecule has 4 nitrogen and oxygen atoms in total. The minimum absolute atomic E-state index is 0.292. The van der Waals surface area contributed by atoms with Crippen LogP contribution in [0.5, 0.6) is 0 Å². The van der Waals surface area contributed by atoms with Gasteiger partial charge >= 0.3 is 0 Å². The van der Waals surface area contributed by atoms with Gasteiger partial charge in [0, 0.05) is 25.6 Å². The average Bonchev–Trinajstić information content (AvgIpc) is 3.18. The van der Waals surface area contributed by atoms with Gasteiger partial charge in [-0.1, -0.05) is 0 Å². The predicted octanol–water partition coefficient (Wildman–Crippen LogP) is 2.08. The maximum absolute atomic E-state index is 13.2. The van der Waals surface area contributed by atoms with Crippen molar-refractivity contribution in [3.63, 3.8) is 0 Å². The molecular formula is C15H20FN3O. The topological polar surface area (TPSA) is 58.4 Å². The number of likely N-dealkylation sites (tertiary alicyclic amines) is 1. The Morgan fingerprint density at radius 1 is 1.40 bits per heavy atom. The van der Waals surface area contributed by atoms with E-state index in [-0.39, 0.29) is 5.82 Å². The number of amides is 1. The summed E-state index contributed by atoms with van der Waals surface area (Å²) in [6.45, 7) is 2.37. The highest BCUT2D eigenvalue weighted by Crippen LogP contribution is 2.33. The van der Waals surface area contributed by atoms with Crippen LogP contribution in [0.15, 0.2) is 18.2 Å². The number of benzene rings is 1. The number of nitrogens with two attached hydrogens (primary N) is 1. The monoisotopic (exact) mass is 277 g/mol. The highest BCUT2D eigenvalue weighted by molar-refractivity contribution is 5.81. The number of hydrogen-bond donors (Lipinski definition) is 2. The van der Waals surface area contributed by atoms with Crippen LogP contribution in [0.2, 0.25) is 0 Å². The molecule has 5 heteroatoms. The molecule has 0 bridgehead atoms. The van der Waals surface area contributed by atoms with Crippen molar-refractivity contribution < 1.29 is 9.18 Å². The zero-order valence-corrected chi connectivity index (χ0v) is 11.4. The number of rotatable bonds is 4. The molecule has 1 aliphatic heterocycles. The summed E-state index contributed by atoms with van der Waals surface area (Å²) in [4.78, 5) is 13.9. The van der Waals surface area contributed by atoms with Crippen molar-refractivity contribution in [2.45, 2.75) is 19.3 Å². The first-order chi connectivity index (χ1) is 9.63. The molecule has 1 unspecified atom stereocenters. The largest absolute Gasteiger partial charge is 0.397 e. The highest BCUT2D eigenvalue weighted by Gasteiger charge is 2.36. The molecule has 1 aromatic rings. The van der Waals surface area contributed by atoms with E-state index in [1.54, 1.807) is 6.07 Å². The molecule has 1 saturated heterocycles. The van der Waals surface area contributed by atoms with Crippen LogP contribution in [-0.2, 0) is 4.79 Å². The normalized spacial score (nSPS) is 22.1. The third-order valence-corrected chi connectivity index (χ3v) is 4.12. The van der Waals surface area contributed by atoms with Crippen molar-refractivity contribution in [2.24, 2.45) is 11.8 Å². The first kappa shape index (κ1) is 13.2. The lowest BCUT2D eigenvalue weighted by Gasteiger charge is -2.17. The van der Waals surface area contributed by atoms with E-state index in [4.69, 9.17) is 5.73 Å². The lowest BCUT2D eigenvalue weighted by Crippen LogP contribution is -2.30. The molecule has 0 aromatic heterocycles. The van der Waals surface area contributed by atoms with Gasteiger partial charge in [-0.2, -0.15) is 0 Å². The van der Waals surface area contributed by atoms with Crippen molar-refractivity contribution in [1.29, 1.82) is 0 Å². The maximum Gasteiger partial charge on any atom is 0.225 e. The number of nitrogens with one attached hydrogen (secondary N) is 1. The molecule has 0 radical (unpaired) electrons. The van der Waals surface area contributed by atoms with Crippen LogP contribution >= 0.6 is 0 Å². The van der Waals surface area contributed by atoms with E-state index >= 15 is 0 Å². The molecule has 108 valence electrons. The summed E-state index contributed by atoms with van der Waals surface area (Å²) in [7, 11) is 0. The number of halogens is 1. The van der Waals surface area contributed by atoms with Gasteiger partial charge in [0.05, 0.1) is 11.4 Å². The van der Waals surface area contributed by atoms with E-state index in [0.29, 0.717) is 29.1 Å². The van der Waals surface area contributed by atoms with Crippen molar-refractivity contribution >= 4 is 17.3 Å². The Morgan fingerprint density at radius 3 is 2.95 bits per heavy atom. The summed E-state index contributed by atoms with van der Waals surface area (Å²) in [5.41, 5.74) is 6.99. The molecule has 3 rings (SSSR count). The van der Waals surface area contributed by atoms with Crippen LogP contribution in [0.1, 0.15) is 19.3 Å². The molecule has 0 spiro atoms. The van der Waals surface area contributed by atoms with Gasteiger partial charge in [0.25, 0.3) is 0 Å². The van der Waals surface area contributed by atoms with Gasteiger partial charge in [-0.3, -0.25) is 4.79 Å². The highest BCUT2D eigenvalue weighted by atomic mass is 19.1. The van der Waals surface area contributed by atoms with Crippen LogP contribution in [-0.4, -0.2) is 30.4 Å². The Bertz CT molecular complexity index is 516. The Labute approximate surface area is 118 Å². The molecule has 1 heterocycles. The van der Waals surface area contributed by atoms with Crippen LogP contribution in [0.25, 0.3) is 0 Å². The minimum Gasteiger partial charge on any atom is -0.397 e. The van der Waals surface area contributed by atoms with Gasteiger partial charge < -0.3 is 16.0 Å². The van der Waals surface area contributed by atoms with E-state index in [0.717, 1.165) is 38.9 Å². The van der Waals surface area contributed by atoms with Gasteiger partial charge in [-0.15, -0.1) is 0 Å². The predicted molar refractivity (Wildman–Crippen MR) is 76.7 cm³/mol. The number of hydrogen-bond acceptors (Lipinski definition) is 3. The first-order valence-corrected chi connectivity index (χ1v) is 7.21. The van der Waals surface area contributed by atoms with Gasteiger partial charge in [0.15, 0.2) is 0 Å². The summed E-state index contributed by atoms with van der Waals surface area (Å²) in [5, 5.41) is 3.20. The number of anilines is 2. The van der Waals surface area contributed by atoms with Crippen LogP contribution in [0, 0.1) is 17.7 Å². The average molecular weight is 277 g/mol. The second-order valence-corrected chi connectivity index (χ2v) is 5.83. The van der Waals surface area contributed by atoms with E-state index in [1.165, 1.54) is 12.1 Å². The Hall–Kier alpha value is -1.78. The molecule has 1 atom stereocenters. The van der Waals surface area contributed by atoms with Gasteiger partial charge in [0.1, 0.15) is 5.82 Å². The van der Waals surface area contributed by atoms with Crippen LogP contribution in [0.4, 0.5) is 15.8 Å². The Morgan fingerprint density at radius 2 is 2.20 bits per heavy atom. The molecule has 2 aliphatic rings. The Kier molecular flexibility index (Phi) is 3.51. The zero-order valence-electron chi connectivity index (χ0n) is 11.4. The molecule has 1 amide bonds. The smallest absolute Gasteiger partial charge is 0.225 e. The van der Waals surface area contributed by atoms with Crippen LogP contribution < -0.4 is 11.1 Å². The molecule has 20 heavy (non-hydrogen) atoms. The summed E-state index contributed by atoms with van der Waals surface area (Å²) < 4.78 is 13.2. The summed E-state index contributed by atoms with van der Waals surface area (Å²) >= 11 is 0. The number of nitrogens with zero attached hydrogens (tertiary/aromatic N) is 1. The van der Waals surface area contributed by atoms with Gasteiger partial charge in [-0.25, -0.2) is 4.39 Å². The molecule has 1 aliphatic carbocycles. The second-order valence-electron chi connectivity index (χ2n) is 5.83. The minimum atomic E-state index is -0.293. The van der Waals surface area contributed by atoms with Gasteiger partial charge in [-0.05, 0) is 43.4 Å². The van der Waals surface area contributed by atoms with Crippen molar-refractivity contribution in [3.05, 3.63) is 24.0 Å². The van der Waals surface area contributed by atoms with Crippen molar-refractivity contribution in [3.8, 4) is 0 Å². The number of carbonyl (C=O) groups is 1. The standard InChI is InChI=1S/C15H20FN3O/c16-12-3-4-13(17)14(7-12)18-8-10-5-6-19(9-10)15(20)11-1-2-11/h3-4,7,10-11,18H,1-2,5-6,8-9,17H2. The second kappa shape index (κ2) is 5.31. The van der Waals surface area contributed by atoms with Gasteiger partial charge in [0.2, 0.25) is 5.91 Å². The van der Waals surface area contributed by atoms with E-state index in [1.807, 2.05) is 4.90 Å². The van der Waals surface area contributed by atoms with E-state index in [9.17, 15) is 9.18 Å². The third kappa shape index (κ3) is 2.86. The number of carbonyl (C=O) groups excluding carboxylic acids is 1. The quantitative estimate of drug-likeness (QED) is 0.828. The molecular weight excluding hydrogens is 257 g/mol. The lowest BCUT2D eigenvalue weighted by molar-refractivity contribution is -0.131. The van der Waals surface area contributed by atoms with Crippen molar-refractivity contribution in [2.75, 3.05) is 30.7 Å². The third-order valence-electron chi connectivity index (χ3n) is 4.12. The fourth-order valence-electron chi connectivity index (χ4n) is 2.72. The molecule has 2 fully saturated rings. The fourth-order valence-corrected chi connectivity index (χ4v) is 2.72. The zero-order chi connectivity index (χ0) is 14.1. The summed E-state index contributed by atoms with van der Waals surface area (Å²) in [6, 6.07) is 4.33. The lowest BCUT2D eigenvalue weighted by atomic mass is 10.1. The maximum atomic E-state index is 13.2. The fraction of sp³-hybridized carbons (Fsp3) is 0.533. The first-order valence-electron chi connectivity index (χ1n) is 7.21. The summed E-state index contributed by atoms with van der Waals surface area (Å²) in [6.07, 6.45) is 3.11. The van der Waals surface area contributed by atoms with E-state index < -0.39 is 0 Å².